The monoisotopic (exact) mass is 825 g/mol. The molecule has 0 radical (unpaired) electrons. The summed E-state index contributed by atoms with van der Waals surface area (Å²) in [5.41, 5.74) is 11.4. The Kier molecular flexibility index (Phi) is 10.4. The van der Waals surface area contributed by atoms with Crippen molar-refractivity contribution in [3.63, 3.8) is 0 Å². The number of ether oxygens (including phenoxy) is 1. The molecule has 10 rings (SSSR count). The molecule has 7 nitrogen and oxygen atoms in total. The number of nitrogens with zero attached hydrogens (tertiary/aromatic N) is 5. The van der Waals surface area contributed by atoms with Crippen molar-refractivity contribution in [3.05, 3.63) is 187 Å². The van der Waals surface area contributed by atoms with E-state index < -0.39 is 0 Å². The second-order valence-corrected chi connectivity index (χ2v) is 16.4. The van der Waals surface area contributed by atoms with Crippen molar-refractivity contribution < 1.29 is 18.7 Å². The molecule has 9 aromatic rings. The van der Waals surface area contributed by atoms with Crippen LogP contribution in [0.2, 0.25) is 0 Å². The number of carbonyl (C=O) groups is 1. The fourth-order valence-corrected chi connectivity index (χ4v) is 10.2. The first-order valence-corrected chi connectivity index (χ1v) is 22.0. The SMILES string of the molecule is CCOC(=O)CC1=NN(c2ccccc2C(c2ccccc2-c2c3ccccc3c3ccccc3[n+]2C)c2ccccc2-c2c3ccccc3c3ccccc3[n+]2C)C(CC)N1C. The summed E-state index contributed by atoms with van der Waals surface area (Å²) in [5.74, 6) is 0.146. The van der Waals surface area contributed by atoms with E-state index in [-0.39, 0.29) is 24.5 Å². The van der Waals surface area contributed by atoms with Crippen molar-refractivity contribution >= 4 is 60.8 Å². The molecule has 0 amide bonds. The molecule has 2 aromatic heterocycles. The third kappa shape index (κ3) is 6.67. The molecule has 1 unspecified atom stereocenters. The molecule has 0 aliphatic carbocycles. The van der Waals surface area contributed by atoms with Gasteiger partial charge in [0.1, 0.15) is 32.5 Å². The van der Waals surface area contributed by atoms with Gasteiger partial charge in [0.05, 0.1) is 45.0 Å². The molecule has 1 aliphatic heterocycles. The first kappa shape index (κ1) is 39.7. The van der Waals surface area contributed by atoms with Gasteiger partial charge in [-0.15, -0.1) is 0 Å². The summed E-state index contributed by atoms with van der Waals surface area (Å²) in [7, 11) is 6.43. The maximum atomic E-state index is 12.9. The Balaban J connectivity index is 1.29. The minimum Gasteiger partial charge on any atom is -0.466 e. The highest BCUT2D eigenvalue weighted by atomic mass is 16.5. The first-order valence-electron chi connectivity index (χ1n) is 22.0. The average molecular weight is 826 g/mol. The molecule has 0 saturated carbocycles. The van der Waals surface area contributed by atoms with Crippen molar-refractivity contribution in [2.24, 2.45) is 19.2 Å². The number of hydrogen-bond acceptors (Lipinski definition) is 5. The summed E-state index contributed by atoms with van der Waals surface area (Å²) in [6.45, 7) is 4.35. The lowest BCUT2D eigenvalue weighted by atomic mass is 9.78. The van der Waals surface area contributed by atoms with Crippen LogP contribution in [-0.2, 0) is 23.6 Å². The zero-order valence-corrected chi connectivity index (χ0v) is 36.5. The van der Waals surface area contributed by atoms with Crippen LogP contribution in [0.15, 0.2) is 175 Å². The van der Waals surface area contributed by atoms with Gasteiger partial charge in [0.2, 0.25) is 22.4 Å². The van der Waals surface area contributed by atoms with Crippen molar-refractivity contribution in [1.82, 2.24) is 4.90 Å². The van der Waals surface area contributed by atoms with Crippen molar-refractivity contribution in [3.8, 4) is 22.5 Å². The number of para-hydroxylation sites is 3. The number of rotatable bonds is 10. The molecule has 310 valence electrons. The summed E-state index contributed by atoms with van der Waals surface area (Å²) in [4.78, 5) is 15.1. The lowest BCUT2D eigenvalue weighted by Crippen LogP contribution is -2.40. The van der Waals surface area contributed by atoms with E-state index in [1.54, 1.807) is 0 Å². The molecule has 3 heterocycles. The maximum absolute atomic E-state index is 12.9. The number of aromatic nitrogens is 2. The Labute approximate surface area is 368 Å². The van der Waals surface area contributed by atoms with Gasteiger partial charge in [0.15, 0.2) is 0 Å². The van der Waals surface area contributed by atoms with Crippen LogP contribution in [0.4, 0.5) is 5.69 Å². The molecule has 0 bridgehead atoms. The minimum atomic E-state index is -0.278. The Morgan fingerprint density at radius 1 is 0.571 bits per heavy atom. The number of aryl methyl sites for hydroxylation is 2. The predicted octanol–water partition coefficient (Wildman–Crippen LogP) is 11.2. The minimum absolute atomic E-state index is 0.103. The Morgan fingerprint density at radius 2 is 1.00 bits per heavy atom. The highest BCUT2D eigenvalue weighted by molar-refractivity contribution is 6.10. The standard InChI is InChI=1S/C56H51N5O2/c1-6-52-60(5)51(36-53(62)63-7-2)57-61(52)50-35-21-18-32-47(50)54(41-26-10-14-30-45(41)55-43-28-12-8-22-37(43)39-24-16-19-33-48(39)58(55)3)42-27-11-15-31-46(42)56-44-29-13-9-23-38(44)40-25-17-20-34-49(40)59(56)4/h8-35,52,54H,6-7,36H2,1-5H3/q+2. The highest BCUT2D eigenvalue weighted by Gasteiger charge is 2.37. The molecular formula is C56H51N5O2+2. The molecule has 7 heteroatoms. The van der Waals surface area contributed by atoms with E-state index in [0.29, 0.717) is 12.4 Å². The number of hydrogen-bond donors (Lipinski definition) is 0. The van der Waals surface area contributed by atoms with Crippen LogP contribution < -0.4 is 14.1 Å². The number of fused-ring (bicyclic) bond motifs is 6. The second-order valence-electron chi connectivity index (χ2n) is 16.4. The van der Waals surface area contributed by atoms with Gasteiger partial charge >= 0.3 is 5.97 Å². The predicted molar refractivity (Wildman–Crippen MR) is 257 cm³/mol. The molecule has 0 fully saturated rings. The molecule has 7 aromatic carbocycles. The van der Waals surface area contributed by atoms with Gasteiger partial charge in [0.25, 0.3) is 0 Å². The van der Waals surface area contributed by atoms with E-state index in [9.17, 15) is 4.79 Å². The van der Waals surface area contributed by atoms with E-state index in [1.807, 2.05) is 14.0 Å². The number of anilines is 1. The first-order chi connectivity index (χ1) is 30.9. The van der Waals surface area contributed by atoms with E-state index in [1.165, 1.54) is 54.5 Å². The second kappa shape index (κ2) is 16.5. The van der Waals surface area contributed by atoms with Crippen LogP contribution in [-0.4, -0.2) is 36.5 Å². The third-order valence-corrected chi connectivity index (χ3v) is 13.0. The van der Waals surface area contributed by atoms with E-state index in [2.05, 4.69) is 210 Å². The number of esters is 1. The van der Waals surface area contributed by atoms with Crippen LogP contribution in [0, 0.1) is 0 Å². The number of carbonyl (C=O) groups excluding carboxylic acids is 1. The Bertz CT molecular complexity index is 3100. The number of pyridine rings is 2. The van der Waals surface area contributed by atoms with E-state index >= 15 is 0 Å². The van der Waals surface area contributed by atoms with Gasteiger partial charge in [0, 0.05) is 35.9 Å². The molecular weight excluding hydrogens is 775 g/mol. The molecule has 0 saturated heterocycles. The summed E-state index contributed by atoms with van der Waals surface area (Å²) in [6.07, 6.45) is 0.785. The number of amidine groups is 1. The molecule has 0 spiro atoms. The zero-order chi connectivity index (χ0) is 43.2. The lowest BCUT2D eigenvalue weighted by molar-refractivity contribution is -0.632. The van der Waals surface area contributed by atoms with Crippen LogP contribution >= 0.6 is 0 Å². The van der Waals surface area contributed by atoms with Crippen LogP contribution in [0.1, 0.15) is 49.3 Å². The summed E-state index contributed by atoms with van der Waals surface area (Å²) in [5, 5.41) is 14.7. The van der Waals surface area contributed by atoms with Crippen LogP contribution in [0.3, 0.4) is 0 Å². The fourth-order valence-electron chi connectivity index (χ4n) is 10.2. The average Bonchev–Trinajstić information content (AvgIpc) is 3.64. The van der Waals surface area contributed by atoms with E-state index in [4.69, 9.17) is 9.84 Å². The van der Waals surface area contributed by atoms with Crippen LogP contribution in [0.25, 0.3) is 65.9 Å². The molecule has 1 atom stereocenters. The quantitative estimate of drug-likeness (QED) is 0.0596. The van der Waals surface area contributed by atoms with Gasteiger partial charge in [-0.25, -0.2) is 5.01 Å². The van der Waals surface area contributed by atoms with Crippen molar-refractivity contribution in [2.45, 2.75) is 38.8 Å². The Hall–Kier alpha value is -7.38. The van der Waals surface area contributed by atoms with Gasteiger partial charge in [-0.1, -0.05) is 122 Å². The number of hydrazone groups is 1. The highest BCUT2D eigenvalue weighted by Crippen LogP contribution is 2.47. The molecule has 1 aliphatic rings. The Morgan fingerprint density at radius 3 is 1.51 bits per heavy atom. The smallest absolute Gasteiger partial charge is 0.313 e. The topological polar surface area (TPSA) is 52.9 Å². The maximum Gasteiger partial charge on any atom is 0.313 e. The number of benzene rings is 7. The zero-order valence-electron chi connectivity index (χ0n) is 36.5. The summed E-state index contributed by atoms with van der Waals surface area (Å²) >= 11 is 0. The van der Waals surface area contributed by atoms with Gasteiger partial charge in [-0.3, -0.25) is 4.79 Å². The summed E-state index contributed by atoms with van der Waals surface area (Å²) < 4.78 is 10.2. The van der Waals surface area contributed by atoms with E-state index in [0.717, 1.165) is 40.2 Å². The van der Waals surface area contributed by atoms with Crippen LogP contribution in [0.5, 0.6) is 0 Å². The summed E-state index contributed by atoms with van der Waals surface area (Å²) in [6, 6.07) is 61.7. The third-order valence-electron chi connectivity index (χ3n) is 13.0. The van der Waals surface area contributed by atoms with Gasteiger partial charge in [-0.2, -0.15) is 14.2 Å². The van der Waals surface area contributed by atoms with Gasteiger partial charge < -0.3 is 9.64 Å². The van der Waals surface area contributed by atoms with Crippen molar-refractivity contribution in [2.75, 3.05) is 18.7 Å². The largest absolute Gasteiger partial charge is 0.466 e. The molecule has 63 heavy (non-hydrogen) atoms. The molecule has 0 N–H and O–H groups in total. The lowest BCUT2D eigenvalue weighted by Gasteiger charge is -2.32. The fraction of sp³-hybridized carbons (Fsp3) is 0.179. The van der Waals surface area contributed by atoms with Gasteiger partial charge in [-0.05, 0) is 72.5 Å². The normalized spacial score (nSPS) is 14.1. The van der Waals surface area contributed by atoms with Crippen molar-refractivity contribution in [1.29, 1.82) is 0 Å².